The highest BCUT2D eigenvalue weighted by Gasteiger charge is 2.66. The van der Waals surface area contributed by atoms with Crippen LogP contribution in [0.5, 0.6) is 0 Å². The van der Waals surface area contributed by atoms with Gasteiger partial charge in [-0.2, -0.15) is 5.26 Å². The minimum atomic E-state index is -3.86. The van der Waals surface area contributed by atoms with Crippen molar-refractivity contribution in [3.8, 4) is 17.2 Å². The highest BCUT2D eigenvalue weighted by molar-refractivity contribution is 7.91. The molecule has 2 aliphatic rings. The van der Waals surface area contributed by atoms with Gasteiger partial charge in [-0.05, 0) is 44.0 Å². The topological polar surface area (TPSA) is 95.7 Å². The molecule has 0 amide bonds. The monoisotopic (exact) mass is 458 g/mol. The van der Waals surface area contributed by atoms with Crippen LogP contribution >= 0.6 is 0 Å². The average molecular weight is 459 g/mol. The van der Waals surface area contributed by atoms with Gasteiger partial charge in [0, 0.05) is 47.8 Å². The SMILES string of the molecule is C[C@H]1NS(=O)(=O)[C@]2(C)CC(F)(F)[C@@H](C)[C@H](/C=C/c3ccc(-c4cccnc4C#N)cn3)[C@H]12. The number of nitriles is 1. The number of halogens is 2. The van der Waals surface area contributed by atoms with Gasteiger partial charge in [0.05, 0.1) is 10.4 Å². The Bertz CT molecular complexity index is 1210. The Morgan fingerprint density at radius 1 is 1.25 bits per heavy atom. The highest BCUT2D eigenvalue weighted by Crippen LogP contribution is 2.56. The maximum absolute atomic E-state index is 14.9. The van der Waals surface area contributed by atoms with Gasteiger partial charge in [-0.25, -0.2) is 26.9 Å². The van der Waals surface area contributed by atoms with E-state index in [1.165, 1.54) is 13.8 Å². The smallest absolute Gasteiger partial charge is 0.252 e. The van der Waals surface area contributed by atoms with Crippen LogP contribution in [0.3, 0.4) is 0 Å². The fourth-order valence-electron chi connectivity index (χ4n) is 5.22. The van der Waals surface area contributed by atoms with Crippen LogP contribution in [0.1, 0.15) is 38.6 Å². The van der Waals surface area contributed by atoms with Gasteiger partial charge >= 0.3 is 0 Å². The first kappa shape index (κ1) is 22.5. The largest absolute Gasteiger partial charge is 0.256 e. The van der Waals surface area contributed by atoms with Crippen molar-refractivity contribution in [3.05, 3.63) is 54.1 Å². The predicted octanol–water partition coefficient (Wildman–Crippen LogP) is 4.02. The molecule has 9 heteroatoms. The Labute approximate surface area is 186 Å². The van der Waals surface area contributed by atoms with Crippen LogP contribution in [0.15, 0.2) is 42.7 Å². The Kier molecular flexibility index (Phi) is 5.42. The van der Waals surface area contributed by atoms with Gasteiger partial charge in [0.15, 0.2) is 0 Å². The molecule has 0 spiro atoms. The summed E-state index contributed by atoms with van der Waals surface area (Å²) in [5, 5.41) is 9.23. The summed E-state index contributed by atoms with van der Waals surface area (Å²) < 4.78 is 56.1. The van der Waals surface area contributed by atoms with Crippen LogP contribution in [0.25, 0.3) is 17.2 Å². The predicted molar refractivity (Wildman–Crippen MR) is 117 cm³/mol. The molecular formula is C23H24F2N4O2S. The van der Waals surface area contributed by atoms with Gasteiger partial charge in [0.2, 0.25) is 10.0 Å². The molecule has 0 aromatic carbocycles. The van der Waals surface area contributed by atoms with E-state index in [0.29, 0.717) is 17.0 Å². The van der Waals surface area contributed by atoms with Crippen molar-refractivity contribution in [1.82, 2.24) is 14.7 Å². The third kappa shape index (κ3) is 3.51. The second kappa shape index (κ2) is 7.71. The molecule has 4 rings (SSSR count). The van der Waals surface area contributed by atoms with Crippen LogP contribution in [0.2, 0.25) is 0 Å². The van der Waals surface area contributed by atoms with Crippen molar-refractivity contribution >= 4 is 16.1 Å². The molecule has 0 radical (unpaired) electrons. The Morgan fingerprint density at radius 3 is 2.66 bits per heavy atom. The number of hydrogen-bond acceptors (Lipinski definition) is 5. The van der Waals surface area contributed by atoms with E-state index in [-0.39, 0.29) is 0 Å². The Morgan fingerprint density at radius 2 is 2.00 bits per heavy atom. The summed E-state index contributed by atoms with van der Waals surface area (Å²) in [5.41, 5.74) is 2.22. The first-order chi connectivity index (χ1) is 15.0. The second-order valence-electron chi connectivity index (χ2n) is 8.89. The van der Waals surface area contributed by atoms with E-state index in [0.717, 1.165) is 5.56 Å². The number of fused-ring (bicyclic) bond motifs is 1. The van der Waals surface area contributed by atoms with Gasteiger partial charge in [0.25, 0.3) is 5.92 Å². The van der Waals surface area contributed by atoms with Crippen LogP contribution in [-0.4, -0.2) is 35.1 Å². The Hall–Kier alpha value is -2.70. The lowest BCUT2D eigenvalue weighted by Gasteiger charge is -2.47. The standard InChI is InChI=1S/C23H24F2N4O2S/c1-14-18(21-15(2)29-32(30,31)22(21,3)13-23(14,24)25)9-8-17-7-6-16(12-28-17)19-5-4-10-27-20(19)11-26/h4-10,12,14-15,18,21,29H,13H2,1-3H3/b9-8+/t14-,15+,18-,21-,22+/m0/s1. The molecule has 168 valence electrons. The molecule has 1 saturated heterocycles. The quantitative estimate of drug-likeness (QED) is 0.750. The van der Waals surface area contributed by atoms with Crippen molar-refractivity contribution < 1.29 is 17.2 Å². The molecule has 0 unspecified atom stereocenters. The van der Waals surface area contributed by atoms with E-state index >= 15 is 0 Å². The number of pyridine rings is 2. The van der Waals surface area contributed by atoms with Crippen molar-refractivity contribution in [1.29, 1.82) is 5.26 Å². The van der Waals surface area contributed by atoms with Crippen LogP contribution < -0.4 is 4.72 Å². The average Bonchev–Trinajstić information content (AvgIpc) is 2.91. The number of alkyl halides is 2. The molecule has 1 aliphatic heterocycles. The summed E-state index contributed by atoms with van der Waals surface area (Å²) in [7, 11) is -3.86. The molecule has 5 atom stereocenters. The number of aromatic nitrogens is 2. The van der Waals surface area contributed by atoms with Gasteiger partial charge in [0.1, 0.15) is 11.8 Å². The molecule has 0 bridgehead atoms. The number of hydrogen-bond donors (Lipinski definition) is 1. The summed E-state index contributed by atoms with van der Waals surface area (Å²) in [6, 6.07) is 8.64. The van der Waals surface area contributed by atoms with Crippen molar-refractivity contribution in [2.45, 2.75) is 43.9 Å². The fraction of sp³-hybridized carbons (Fsp3) is 0.435. The van der Waals surface area contributed by atoms with E-state index in [4.69, 9.17) is 0 Å². The van der Waals surface area contributed by atoms with Crippen molar-refractivity contribution in [2.24, 2.45) is 17.8 Å². The molecule has 1 aliphatic carbocycles. The summed E-state index contributed by atoms with van der Waals surface area (Å²) in [6.07, 6.45) is 5.80. The molecule has 6 nitrogen and oxygen atoms in total. The number of nitrogens with zero attached hydrogens (tertiary/aromatic N) is 3. The lowest BCUT2D eigenvalue weighted by molar-refractivity contribution is -0.121. The molecular weight excluding hydrogens is 434 g/mol. The van der Waals surface area contributed by atoms with Gasteiger partial charge in [-0.15, -0.1) is 0 Å². The van der Waals surface area contributed by atoms with Gasteiger partial charge in [-0.3, -0.25) is 4.98 Å². The summed E-state index contributed by atoms with van der Waals surface area (Å²) in [4.78, 5) is 8.42. The number of rotatable bonds is 3. The third-order valence-electron chi connectivity index (χ3n) is 6.94. The maximum Gasteiger partial charge on any atom is 0.252 e. The zero-order valence-corrected chi connectivity index (χ0v) is 18.8. The molecule has 3 heterocycles. The van der Waals surface area contributed by atoms with E-state index in [1.807, 2.05) is 6.07 Å². The lowest BCUT2D eigenvalue weighted by atomic mass is 9.63. The third-order valence-corrected chi connectivity index (χ3v) is 9.27. The summed E-state index contributed by atoms with van der Waals surface area (Å²) in [6.45, 7) is 4.64. The maximum atomic E-state index is 14.9. The lowest BCUT2D eigenvalue weighted by Crippen LogP contribution is -2.56. The molecule has 2 aromatic heterocycles. The zero-order chi connectivity index (χ0) is 23.3. The minimum Gasteiger partial charge on any atom is -0.256 e. The van der Waals surface area contributed by atoms with E-state index in [9.17, 15) is 22.5 Å². The van der Waals surface area contributed by atoms with Crippen LogP contribution in [0.4, 0.5) is 8.78 Å². The van der Waals surface area contributed by atoms with Crippen LogP contribution in [0, 0.1) is 29.1 Å². The second-order valence-corrected chi connectivity index (χ2v) is 11.1. The number of sulfonamides is 1. The van der Waals surface area contributed by atoms with Gasteiger partial charge in [-0.1, -0.05) is 19.1 Å². The van der Waals surface area contributed by atoms with E-state index in [2.05, 4.69) is 14.7 Å². The van der Waals surface area contributed by atoms with Crippen LogP contribution in [-0.2, 0) is 10.0 Å². The molecule has 1 saturated carbocycles. The summed E-state index contributed by atoms with van der Waals surface area (Å²) >= 11 is 0. The zero-order valence-electron chi connectivity index (χ0n) is 18.0. The van der Waals surface area contributed by atoms with Crippen molar-refractivity contribution in [2.75, 3.05) is 0 Å². The molecule has 1 N–H and O–H groups in total. The Balaban J connectivity index is 1.65. The van der Waals surface area contributed by atoms with E-state index in [1.54, 1.807) is 55.7 Å². The summed E-state index contributed by atoms with van der Waals surface area (Å²) in [5.74, 6) is -5.24. The minimum absolute atomic E-state index is 0.291. The van der Waals surface area contributed by atoms with Crippen molar-refractivity contribution in [3.63, 3.8) is 0 Å². The molecule has 2 aromatic rings. The molecule has 32 heavy (non-hydrogen) atoms. The normalized spacial score (nSPS) is 33.0. The molecule has 2 fully saturated rings. The number of nitrogens with one attached hydrogen (secondary N) is 1. The highest BCUT2D eigenvalue weighted by atomic mass is 32.2. The first-order valence-corrected chi connectivity index (χ1v) is 11.9. The number of allylic oxidation sites excluding steroid dienone is 1. The first-order valence-electron chi connectivity index (χ1n) is 10.4. The van der Waals surface area contributed by atoms with E-state index < -0.39 is 50.9 Å². The fourth-order valence-corrected chi connectivity index (χ4v) is 7.23. The van der Waals surface area contributed by atoms with Gasteiger partial charge < -0.3 is 0 Å².